The van der Waals surface area contributed by atoms with Crippen LogP contribution in [0.1, 0.15) is 45.7 Å². The first-order chi connectivity index (χ1) is 28.5. The molecular formula is C44H53BrF2N6O6. The van der Waals surface area contributed by atoms with E-state index in [1.165, 1.54) is 38.5 Å². The summed E-state index contributed by atoms with van der Waals surface area (Å²) >= 11 is 3.32. The van der Waals surface area contributed by atoms with Gasteiger partial charge in [-0.15, -0.1) is 0 Å². The van der Waals surface area contributed by atoms with E-state index in [0.29, 0.717) is 42.1 Å². The van der Waals surface area contributed by atoms with Crippen LogP contribution >= 0.6 is 15.9 Å². The van der Waals surface area contributed by atoms with Gasteiger partial charge in [-0.3, -0.25) is 4.90 Å². The van der Waals surface area contributed by atoms with Gasteiger partial charge >= 0.3 is 24.0 Å². The molecule has 4 amide bonds. The summed E-state index contributed by atoms with van der Waals surface area (Å²) in [6.07, 6.45) is 0. The van der Waals surface area contributed by atoms with Crippen LogP contribution in [0.4, 0.5) is 29.7 Å². The van der Waals surface area contributed by atoms with E-state index in [9.17, 15) is 28.0 Å². The van der Waals surface area contributed by atoms with Crippen molar-refractivity contribution in [1.29, 1.82) is 0 Å². The molecule has 0 spiro atoms. The highest BCUT2D eigenvalue weighted by Crippen LogP contribution is 2.21. The maximum absolute atomic E-state index is 13.4. The minimum Gasteiger partial charge on any atom is -0.465 e. The lowest BCUT2D eigenvalue weighted by Crippen LogP contribution is -2.52. The van der Waals surface area contributed by atoms with Gasteiger partial charge < -0.3 is 34.4 Å². The Bertz CT molecular complexity index is 1920. The number of carbonyl (C=O) groups excluding carboxylic acids is 4. The third-order valence-electron chi connectivity index (χ3n) is 9.91. The van der Waals surface area contributed by atoms with E-state index < -0.39 is 5.97 Å². The number of ether oxygens (including phenoxy) is 2. The number of urea groups is 2. The summed E-state index contributed by atoms with van der Waals surface area (Å²) < 4.78 is 35.4. The molecule has 0 unspecified atom stereocenters. The molecule has 2 aliphatic heterocycles. The van der Waals surface area contributed by atoms with Gasteiger partial charge in [0.05, 0.1) is 31.9 Å². The summed E-state index contributed by atoms with van der Waals surface area (Å²) in [6, 6.07) is 25.7. The van der Waals surface area contributed by atoms with Crippen molar-refractivity contribution < 1.29 is 37.4 Å². The molecule has 0 aliphatic carbocycles. The van der Waals surface area contributed by atoms with Crippen molar-refractivity contribution in [3.05, 3.63) is 131 Å². The lowest BCUT2D eigenvalue weighted by molar-refractivity contribution is 0.0592. The van der Waals surface area contributed by atoms with Crippen molar-refractivity contribution >= 4 is 51.3 Å². The summed E-state index contributed by atoms with van der Waals surface area (Å²) in [6.45, 7) is 12.8. The topological polar surface area (TPSA) is 115 Å². The molecule has 4 aromatic carbocycles. The molecule has 0 saturated carbocycles. The number of nitrogens with zero attached hydrogens (tertiary/aromatic N) is 5. The lowest BCUT2D eigenvalue weighted by atomic mass is 10.1. The number of methoxy groups -OCH3 is 2. The van der Waals surface area contributed by atoms with Crippen molar-refractivity contribution in [2.45, 2.75) is 25.7 Å². The Morgan fingerprint density at radius 2 is 1.03 bits per heavy atom. The molecule has 316 valence electrons. The molecule has 2 heterocycles. The molecule has 12 nitrogen and oxygen atoms in total. The predicted octanol–water partition coefficient (Wildman–Crippen LogP) is 7.74. The van der Waals surface area contributed by atoms with Crippen LogP contribution in [0.5, 0.6) is 0 Å². The second-order valence-electron chi connectivity index (χ2n) is 13.6. The van der Waals surface area contributed by atoms with Crippen LogP contribution in [0.15, 0.2) is 97.1 Å². The number of rotatable bonds is 9. The Morgan fingerprint density at radius 3 is 1.46 bits per heavy atom. The van der Waals surface area contributed by atoms with Crippen LogP contribution in [0.3, 0.4) is 0 Å². The Hall–Kier alpha value is -5.38. The van der Waals surface area contributed by atoms with Gasteiger partial charge in [0.1, 0.15) is 11.6 Å². The van der Waals surface area contributed by atoms with Gasteiger partial charge in [0.15, 0.2) is 0 Å². The highest BCUT2D eigenvalue weighted by Gasteiger charge is 2.26. The van der Waals surface area contributed by atoms with Crippen molar-refractivity contribution in [1.82, 2.24) is 19.6 Å². The predicted molar refractivity (Wildman–Crippen MR) is 229 cm³/mol. The number of benzene rings is 4. The Morgan fingerprint density at radius 1 is 0.610 bits per heavy atom. The first-order valence-corrected chi connectivity index (χ1v) is 20.6. The lowest BCUT2D eigenvalue weighted by Gasteiger charge is -2.37. The van der Waals surface area contributed by atoms with Crippen LogP contribution in [0.2, 0.25) is 0 Å². The SMILES string of the molecule is CCN1CCN(C(=O)N(Cc2ccc(C(=O)OC)cc2)c2ccc(F)cc2)CC1.CCN1CCN(C(=O)Nc2ccc(F)cc2)CC1.COC(=O)c1ccc(CBr)cc1. The molecule has 0 atom stereocenters. The molecule has 4 aromatic rings. The molecular weight excluding hydrogens is 826 g/mol. The number of hydrogen-bond acceptors (Lipinski definition) is 8. The Labute approximate surface area is 353 Å². The van der Waals surface area contributed by atoms with Gasteiger partial charge in [0.25, 0.3) is 0 Å². The number of esters is 2. The van der Waals surface area contributed by atoms with Gasteiger partial charge in [-0.2, -0.15) is 0 Å². The van der Waals surface area contributed by atoms with Crippen LogP contribution in [-0.2, 0) is 21.3 Å². The minimum atomic E-state index is -0.406. The van der Waals surface area contributed by atoms with Crippen LogP contribution in [0.25, 0.3) is 0 Å². The molecule has 2 fully saturated rings. The molecule has 2 aliphatic rings. The number of alkyl halides is 1. The molecule has 2 saturated heterocycles. The van der Waals surface area contributed by atoms with Gasteiger partial charge in [0.2, 0.25) is 0 Å². The van der Waals surface area contributed by atoms with E-state index in [4.69, 9.17) is 4.74 Å². The number of amides is 4. The van der Waals surface area contributed by atoms with Gasteiger partial charge in [-0.25, -0.2) is 28.0 Å². The fourth-order valence-electron chi connectivity index (χ4n) is 6.21. The third kappa shape index (κ3) is 14.4. The second kappa shape index (κ2) is 23.9. The quantitative estimate of drug-likeness (QED) is 0.134. The number of halogens is 3. The van der Waals surface area contributed by atoms with Gasteiger partial charge in [0, 0.05) is 69.1 Å². The number of carbonyl (C=O) groups is 4. The van der Waals surface area contributed by atoms with Crippen molar-refractivity contribution in [3.63, 3.8) is 0 Å². The van der Waals surface area contributed by atoms with Crippen molar-refractivity contribution in [2.24, 2.45) is 0 Å². The number of anilines is 2. The maximum Gasteiger partial charge on any atom is 0.337 e. The molecule has 0 radical (unpaired) electrons. The van der Waals surface area contributed by atoms with E-state index in [-0.39, 0.29) is 29.7 Å². The van der Waals surface area contributed by atoms with E-state index in [2.05, 4.69) is 49.6 Å². The van der Waals surface area contributed by atoms with Crippen LogP contribution in [-0.4, -0.2) is 123 Å². The zero-order valence-corrected chi connectivity index (χ0v) is 35.6. The largest absolute Gasteiger partial charge is 0.465 e. The normalized spacial score (nSPS) is 14.2. The summed E-state index contributed by atoms with van der Waals surface area (Å²) in [5.41, 5.74) is 4.30. The highest BCUT2D eigenvalue weighted by molar-refractivity contribution is 9.08. The average molecular weight is 880 g/mol. The zero-order chi connectivity index (χ0) is 42.7. The summed E-state index contributed by atoms with van der Waals surface area (Å²) in [5.74, 6) is -1.35. The molecule has 0 aromatic heterocycles. The van der Waals surface area contributed by atoms with Gasteiger partial charge in [-0.05, 0) is 97.0 Å². The molecule has 0 bridgehead atoms. The summed E-state index contributed by atoms with van der Waals surface area (Å²) in [7, 11) is 2.71. The van der Waals surface area contributed by atoms with Crippen molar-refractivity contribution in [2.75, 3.05) is 89.9 Å². The first-order valence-electron chi connectivity index (χ1n) is 19.5. The molecule has 1 N–H and O–H groups in total. The Kier molecular flexibility index (Phi) is 18.7. The zero-order valence-electron chi connectivity index (χ0n) is 34.0. The second-order valence-corrected chi connectivity index (χ2v) is 14.2. The summed E-state index contributed by atoms with van der Waals surface area (Å²) in [5, 5.41) is 3.57. The average Bonchev–Trinajstić information content (AvgIpc) is 3.29. The van der Waals surface area contributed by atoms with E-state index in [1.54, 1.807) is 70.5 Å². The standard InChI is InChI=1S/C22H26FN3O3.C13H18FN3O.C9H9BrO2/c1-3-24-12-14-25(15-13-24)22(28)26(20-10-8-19(23)9-11-20)16-17-4-6-18(7-5-17)21(27)29-2;1-2-16-7-9-17(10-8-16)13(18)15-12-5-3-11(14)4-6-12;1-12-9(11)8-4-2-7(6-10)3-5-8/h4-11H,3,12-16H2,1-2H3;3-6H,2,7-10H2,1H3,(H,15,18);2-5H,6H2,1H3. The maximum atomic E-state index is 13.4. The Balaban J connectivity index is 0.000000217. The fraction of sp³-hybridized carbons (Fsp3) is 0.364. The first kappa shape index (κ1) is 46.3. The smallest absolute Gasteiger partial charge is 0.337 e. The van der Waals surface area contributed by atoms with E-state index in [0.717, 1.165) is 68.8 Å². The number of nitrogens with one attached hydrogen (secondary N) is 1. The van der Waals surface area contributed by atoms with Crippen LogP contribution < -0.4 is 10.2 Å². The molecule has 59 heavy (non-hydrogen) atoms. The van der Waals surface area contributed by atoms with Crippen molar-refractivity contribution in [3.8, 4) is 0 Å². The van der Waals surface area contributed by atoms with Gasteiger partial charge in [-0.1, -0.05) is 54.0 Å². The minimum absolute atomic E-state index is 0.107. The molecule has 6 rings (SSSR count). The number of likely N-dealkylation sites (N-methyl/N-ethyl adjacent to an activating group) is 2. The third-order valence-corrected chi connectivity index (χ3v) is 10.6. The monoisotopic (exact) mass is 878 g/mol. The summed E-state index contributed by atoms with van der Waals surface area (Å²) in [4.78, 5) is 57.7. The van der Waals surface area contributed by atoms with E-state index >= 15 is 0 Å². The fourth-order valence-corrected chi connectivity index (χ4v) is 6.59. The van der Waals surface area contributed by atoms with E-state index in [1.807, 2.05) is 17.0 Å². The highest BCUT2D eigenvalue weighted by atomic mass is 79.9. The number of piperazine rings is 2. The van der Waals surface area contributed by atoms with Crippen LogP contribution in [0, 0.1) is 11.6 Å². The molecule has 15 heteroatoms. The number of hydrogen-bond donors (Lipinski definition) is 1.